The third kappa shape index (κ3) is 7.63. The third-order valence-electron chi connectivity index (χ3n) is 5.56. The second kappa shape index (κ2) is 12.5. The molecule has 1 aromatic carbocycles. The van der Waals surface area contributed by atoms with Gasteiger partial charge >= 0.3 is 12.1 Å². The molecule has 13 heteroatoms. The van der Waals surface area contributed by atoms with Crippen LogP contribution in [0.4, 0.5) is 13.2 Å². The van der Waals surface area contributed by atoms with Crippen LogP contribution in [-0.2, 0) is 22.6 Å². The van der Waals surface area contributed by atoms with Crippen molar-refractivity contribution in [1.82, 2.24) is 25.0 Å². The number of pyridine rings is 1. The molecule has 10 nitrogen and oxygen atoms in total. The number of hydrogen-bond acceptors (Lipinski definition) is 6. The van der Waals surface area contributed by atoms with Crippen molar-refractivity contribution in [3.8, 4) is 6.07 Å². The molecule has 3 heterocycles. The lowest BCUT2D eigenvalue weighted by molar-refractivity contribution is -0.192. The van der Waals surface area contributed by atoms with Crippen LogP contribution in [-0.4, -0.2) is 61.8 Å². The van der Waals surface area contributed by atoms with E-state index in [2.05, 4.69) is 21.5 Å². The van der Waals surface area contributed by atoms with Crippen molar-refractivity contribution in [2.45, 2.75) is 31.6 Å². The van der Waals surface area contributed by atoms with Gasteiger partial charge in [0.15, 0.2) is 0 Å². The van der Waals surface area contributed by atoms with E-state index < -0.39 is 12.1 Å². The van der Waals surface area contributed by atoms with Gasteiger partial charge in [-0.3, -0.25) is 19.3 Å². The molecule has 0 radical (unpaired) electrons. The lowest BCUT2D eigenvalue weighted by Crippen LogP contribution is -2.43. The predicted molar refractivity (Wildman–Crippen MR) is 126 cm³/mol. The molecule has 2 amide bonds. The minimum Gasteiger partial charge on any atom is -0.475 e. The van der Waals surface area contributed by atoms with Crippen LogP contribution >= 0.6 is 0 Å². The number of aliphatic carboxylic acids is 1. The van der Waals surface area contributed by atoms with E-state index in [-0.39, 0.29) is 24.3 Å². The normalized spacial score (nSPS) is 14.4. The highest BCUT2D eigenvalue weighted by molar-refractivity contribution is 5.94. The summed E-state index contributed by atoms with van der Waals surface area (Å²) in [5.41, 5.74) is 2.90. The number of carbonyl (C=O) groups excluding carboxylic acids is 2. The maximum absolute atomic E-state index is 13.0. The Bertz CT molecular complexity index is 1320. The smallest absolute Gasteiger partial charge is 0.475 e. The van der Waals surface area contributed by atoms with Crippen molar-refractivity contribution in [3.63, 3.8) is 0 Å². The number of nitriles is 1. The summed E-state index contributed by atoms with van der Waals surface area (Å²) in [5, 5.41) is 23.5. The van der Waals surface area contributed by atoms with Crippen molar-refractivity contribution in [1.29, 1.82) is 5.26 Å². The zero-order valence-electron chi connectivity index (χ0n) is 19.9. The van der Waals surface area contributed by atoms with Gasteiger partial charge < -0.3 is 15.3 Å². The number of fused-ring (bicyclic) bond motifs is 1. The first-order chi connectivity index (χ1) is 18.1. The number of carboxylic acid groups (broad SMARTS) is 1. The summed E-state index contributed by atoms with van der Waals surface area (Å²) in [6, 6.07) is 14.2. The van der Waals surface area contributed by atoms with Gasteiger partial charge in [0.05, 0.1) is 36.3 Å². The molecule has 0 fully saturated rings. The van der Waals surface area contributed by atoms with Crippen LogP contribution in [0.2, 0.25) is 0 Å². The van der Waals surface area contributed by atoms with Gasteiger partial charge in [-0.05, 0) is 48.4 Å². The zero-order valence-corrected chi connectivity index (χ0v) is 19.9. The topological polar surface area (TPSA) is 141 Å². The largest absolute Gasteiger partial charge is 0.490 e. The molecule has 0 aliphatic carbocycles. The molecule has 38 heavy (non-hydrogen) atoms. The zero-order chi connectivity index (χ0) is 27.7. The molecule has 0 saturated carbocycles. The summed E-state index contributed by atoms with van der Waals surface area (Å²) in [4.78, 5) is 40.2. The molecule has 4 rings (SSSR count). The summed E-state index contributed by atoms with van der Waals surface area (Å²) < 4.78 is 33.6. The Balaban J connectivity index is 0.000000505. The average Bonchev–Trinajstić information content (AvgIpc) is 3.38. The number of rotatable bonds is 6. The second-order valence-corrected chi connectivity index (χ2v) is 8.26. The van der Waals surface area contributed by atoms with E-state index in [1.54, 1.807) is 47.8 Å². The number of hydrogen-bond donors (Lipinski definition) is 2. The number of amides is 2. The number of halogens is 3. The first kappa shape index (κ1) is 27.9. The fourth-order valence-corrected chi connectivity index (χ4v) is 3.78. The Hall–Kier alpha value is -4.73. The van der Waals surface area contributed by atoms with Gasteiger partial charge in [0.25, 0.3) is 5.91 Å². The number of nitrogens with one attached hydrogen (secondary N) is 1. The van der Waals surface area contributed by atoms with Gasteiger partial charge in [-0.1, -0.05) is 6.07 Å². The minimum absolute atomic E-state index is 0.0821. The van der Waals surface area contributed by atoms with Gasteiger partial charge in [0, 0.05) is 37.2 Å². The van der Waals surface area contributed by atoms with Crippen LogP contribution in [0, 0.1) is 11.3 Å². The Kier molecular flexibility index (Phi) is 9.15. The van der Waals surface area contributed by atoms with Crippen molar-refractivity contribution in [2.24, 2.45) is 0 Å². The molecule has 2 N–H and O–H groups in total. The van der Waals surface area contributed by atoms with Crippen molar-refractivity contribution >= 4 is 17.8 Å². The average molecular weight is 528 g/mol. The van der Waals surface area contributed by atoms with E-state index in [9.17, 15) is 22.8 Å². The van der Waals surface area contributed by atoms with Crippen LogP contribution in [0.3, 0.4) is 0 Å². The van der Waals surface area contributed by atoms with Crippen molar-refractivity contribution in [3.05, 3.63) is 83.4 Å². The second-order valence-electron chi connectivity index (χ2n) is 8.26. The van der Waals surface area contributed by atoms with Crippen LogP contribution in [0.5, 0.6) is 0 Å². The fraction of sp³-hybridized carbons (Fsp3) is 0.280. The number of nitrogens with zero attached hydrogens (tertiary/aromatic N) is 5. The van der Waals surface area contributed by atoms with Crippen molar-refractivity contribution < 1.29 is 32.7 Å². The highest BCUT2D eigenvalue weighted by Crippen LogP contribution is 2.24. The Morgan fingerprint density at radius 1 is 1.13 bits per heavy atom. The van der Waals surface area contributed by atoms with Crippen molar-refractivity contribution in [2.75, 3.05) is 13.1 Å². The predicted octanol–water partition coefficient (Wildman–Crippen LogP) is 2.73. The summed E-state index contributed by atoms with van der Waals surface area (Å²) in [5.74, 6) is -3.00. The van der Waals surface area contributed by atoms with Gasteiger partial charge in [-0.2, -0.15) is 23.5 Å². The first-order valence-electron chi connectivity index (χ1n) is 11.4. The molecular weight excluding hydrogens is 505 g/mol. The van der Waals surface area contributed by atoms with E-state index in [0.717, 1.165) is 17.7 Å². The van der Waals surface area contributed by atoms with Crippen LogP contribution in [0.15, 0.2) is 61.1 Å². The molecule has 198 valence electrons. The maximum atomic E-state index is 13.0. The van der Waals surface area contributed by atoms with E-state index in [4.69, 9.17) is 15.2 Å². The van der Waals surface area contributed by atoms with E-state index in [0.29, 0.717) is 30.8 Å². The molecule has 0 saturated heterocycles. The SMILES string of the molecule is N#Cc1cccc(C(=O)N2Cc3ccnn3C(CC(=O)NCCc3ccncc3)C2)c1.O=C(O)C(F)(F)F. The van der Waals surface area contributed by atoms with Crippen LogP contribution in [0.1, 0.15) is 39.6 Å². The lowest BCUT2D eigenvalue weighted by Gasteiger charge is -2.33. The Morgan fingerprint density at radius 2 is 1.84 bits per heavy atom. The third-order valence-corrected chi connectivity index (χ3v) is 5.56. The molecule has 2 aromatic heterocycles. The standard InChI is InChI=1S/C23H22N6O2.C2HF3O2/c24-14-18-2-1-3-19(12-18)23(31)28-15-20-7-11-27-29(20)21(16-28)13-22(30)26-10-6-17-4-8-25-9-5-17;3-2(4,5)1(6)7/h1-5,7-9,11-12,21H,6,10,13,15-16H2,(H,26,30);(H,6,7). The number of benzene rings is 1. The summed E-state index contributed by atoms with van der Waals surface area (Å²) in [7, 11) is 0. The summed E-state index contributed by atoms with van der Waals surface area (Å²) in [6.07, 6.45) is 1.03. The van der Waals surface area contributed by atoms with Crippen LogP contribution in [0.25, 0.3) is 0 Å². The minimum atomic E-state index is -5.08. The summed E-state index contributed by atoms with van der Waals surface area (Å²) in [6.45, 7) is 1.32. The van der Waals surface area contributed by atoms with Gasteiger partial charge in [-0.15, -0.1) is 0 Å². The monoisotopic (exact) mass is 528 g/mol. The summed E-state index contributed by atoms with van der Waals surface area (Å²) >= 11 is 0. The first-order valence-corrected chi connectivity index (χ1v) is 11.4. The highest BCUT2D eigenvalue weighted by Gasteiger charge is 2.38. The number of aromatic nitrogens is 3. The Morgan fingerprint density at radius 3 is 2.50 bits per heavy atom. The van der Waals surface area contributed by atoms with E-state index in [1.807, 2.05) is 22.9 Å². The molecule has 3 aromatic rings. The van der Waals surface area contributed by atoms with E-state index in [1.165, 1.54) is 0 Å². The molecule has 1 unspecified atom stereocenters. The molecule has 1 atom stereocenters. The quantitative estimate of drug-likeness (QED) is 0.501. The molecule has 1 aliphatic rings. The van der Waals surface area contributed by atoms with Crippen LogP contribution < -0.4 is 5.32 Å². The highest BCUT2D eigenvalue weighted by atomic mass is 19.4. The lowest BCUT2D eigenvalue weighted by atomic mass is 10.1. The fourth-order valence-electron chi connectivity index (χ4n) is 3.78. The molecular formula is C25H23F3N6O4. The van der Waals surface area contributed by atoms with Gasteiger partial charge in [-0.25, -0.2) is 4.79 Å². The molecule has 0 bridgehead atoms. The number of alkyl halides is 3. The van der Waals surface area contributed by atoms with Gasteiger partial charge in [0.1, 0.15) is 0 Å². The number of carbonyl (C=O) groups is 3. The Labute approximate surface area is 215 Å². The number of carboxylic acids is 1. The van der Waals surface area contributed by atoms with Gasteiger partial charge in [0.2, 0.25) is 5.91 Å². The van der Waals surface area contributed by atoms with E-state index >= 15 is 0 Å². The maximum Gasteiger partial charge on any atom is 0.490 e. The molecule has 0 spiro atoms. The molecule has 1 aliphatic heterocycles.